The van der Waals surface area contributed by atoms with Crippen molar-refractivity contribution in [3.63, 3.8) is 0 Å². The molecule has 1 aliphatic rings. The van der Waals surface area contributed by atoms with Crippen LogP contribution in [0, 0.1) is 0 Å². The molecule has 1 aromatic carbocycles. The van der Waals surface area contributed by atoms with E-state index in [0.29, 0.717) is 13.0 Å². The first-order valence-corrected chi connectivity index (χ1v) is 6.74. The number of carbonyl (C=O) groups excluding carboxylic acids is 2. The average molecular weight is 260 g/mol. The summed E-state index contributed by atoms with van der Waals surface area (Å²) in [6, 6.07) is 9.06. The van der Waals surface area contributed by atoms with Gasteiger partial charge in [0.05, 0.1) is 0 Å². The summed E-state index contributed by atoms with van der Waals surface area (Å²) in [5.41, 5.74) is 0.871. The van der Waals surface area contributed by atoms with Gasteiger partial charge in [-0.25, -0.2) is 0 Å². The summed E-state index contributed by atoms with van der Waals surface area (Å²) in [5, 5.41) is 2.91. The Morgan fingerprint density at radius 3 is 2.47 bits per heavy atom. The van der Waals surface area contributed by atoms with Crippen LogP contribution in [-0.4, -0.2) is 29.3 Å². The highest BCUT2D eigenvalue weighted by molar-refractivity contribution is 5.89. The van der Waals surface area contributed by atoms with Crippen molar-refractivity contribution >= 4 is 11.8 Å². The number of rotatable bonds is 4. The van der Waals surface area contributed by atoms with Gasteiger partial charge in [-0.15, -0.1) is 0 Å². The van der Waals surface area contributed by atoms with Gasteiger partial charge in [0.2, 0.25) is 11.8 Å². The van der Waals surface area contributed by atoms with E-state index < -0.39 is 6.04 Å². The Morgan fingerprint density at radius 2 is 1.95 bits per heavy atom. The van der Waals surface area contributed by atoms with Gasteiger partial charge in [-0.3, -0.25) is 9.59 Å². The Bertz CT molecular complexity index is 456. The lowest BCUT2D eigenvalue weighted by Crippen LogP contribution is -2.43. The molecule has 0 saturated carbocycles. The van der Waals surface area contributed by atoms with Crippen LogP contribution >= 0.6 is 0 Å². The highest BCUT2D eigenvalue weighted by Gasteiger charge is 2.33. The largest absolute Gasteiger partial charge is 0.352 e. The van der Waals surface area contributed by atoms with Crippen molar-refractivity contribution in [2.75, 3.05) is 6.54 Å². The monoisotopic (exact) mass is 260 g/mol. The van der Waals surface area contributed by atoms with Crippen LogP contribution in [0.1, 0.15) is 38.3 Å². The molecule has 0 aliphatic carbocycles. The molecule has 1 heterocycles. The lowest BCUT2D eigenvalue weighted by molar-refractivity contribution is -0.138. The topological polar surface area (TPSA) is 49.4 Å². The Kier molecular flexibility index (Phi) is 4.20. The average Bonchev–Trinajstić information content (AvgIpc) is 2.76. The number of carbonyl (C=O) groups is 2. The van der Waals surface area contributed by atoms with Crippen LogP contribution in [0.5, 0.6) is 0 Å². The first-order chi connectivity index (χ1) is 9.09. The fourth-order valence-electron chi connectivity index (χ4n) is 2.41. The molecule has 1 saturated heterocycles. The zero-order chi connectivity index (χ0) is 13.8. The second-order valence-electron chi connectivity index (χ2n) is 5.17. The summed E-state index contributed by atoms with van der Waals surface area (Å²) in [5.74, 6) is -0.0378. The molecule has 1 atom stereocenters. The molecule has 19 heavy (non-hydrogen) atoms. The van der Waals surface area contributed by atoms with E-state index in [1.54, 1.807) is 4.90 Å². The molecule has 0 bridgehead atoms. The standard InChI is InChI=1S/C15H20N2O2/c1-11(2)16-15(19)14(12-7-4-3-5-8-12)17-10-6-9-13(17)18/h3-5,7-8,11,14H,6,9-10H2,1-2H3,(H,16,19). The number of hydrogen-bond acceptors (Lipinski definition) is 2. The second-order valence-corrected chi connectivity index (χ2v) is 5.17. The molecule has 1 fully saturated rings. The third kappa shape index (κ3) is 3.13. The van der Waals surface area contributed by atoms with Gasteiger partial charge >= 0.3 is 0 Å². The molecule has 4 heteroatoms. The number of likely N-dealkylation sites (tertiary alicyclic amines) is 1. The van der Waals surface area contributed by atoms with E-state index in [4.69, 9.17) is 0 Å². The molecule has 1 aliphatic heterocycles. The second kappa shape index (κ2) is 5.87. The molecule has 4 nitrogen and oxygen atoms in total. The zero-order valence-corrected chi connectivity index (χ0v) is 11.4. The Balaban J connectivity index is 2.28. The molecule has 102 valence electrons. The van der Waals surface area contributed by atoms with Gasteiger partial charge in [-0.2, -0.15) is 0 Å². The molecule has 0 radical (unpaired) electrons. The van der Waals surface area contributed by atoms with E-state index in [1.165, 1.54) is 0 Å². The Hall–Kier alpha value is -1.84. The Labute approximate surface area is 113 Å². The van der Waals surface area contributed by atoms with Crippen LogP contribution < -0.4 is 5.32 Å². The number of benzene rings is 1. The molecule has 0 aromatic heterocycles. The summed E-state index contributed by atoms with van der Waals surface area (Å²) in [7, 11) is 0. The van der Waals surface area contributed by atoms with E-state index in [1.807, 2.05) is 44.2 Å². The predicted molar refractivity (Wildman–Crippen MR) is 73.4 cm³/mol. The first-order valence-electron chi connectivity index (χ1n) is 6.74. The first kappa shape index (κ1) is 13.6. The minimum atomic E-state index is -0.501. The van der Waals surface area contributed by atoms with Gasteiger partial charge in [0.1, 0.15) is 6.04 Å². The van der Waals surface area contributed by atoms with Crippen LogP contribution in [0.25, 0.3) is 0 Å². The number of hydrogen-bond donors (Lipinski definition) is 1. The van der Waals surface area contributed by atoms with Crippen LogP contribution in [0.4, 0.5) is 0 Å². The minimum Gasteiger partial charge on any atom is -0.352 e. The normalized spacial score (nSPS) is 16.8. The van der Waals surface area contributed by atoms with Crippen molar-refractivity contribution in [2.24, 2.45) is 0 Å². The Morgan fingerprint density at radius 1 is 1.26 bits per heavy atom. The lowest BCUT2D eigenvalue weighted by atomic mass is 10.0. The molecule has 1 aromatic rings. The molecule has 2 amide bonds. The summed E-state index contributed by atoms with van der Waals surface area (Å²) in [6.07, 6.45) is 1.37. The highest BCUT2D eigenvalue weighted by Crippen LogP contribution is 2.26. The number of nitrogens with zero attached hydrogens (tertiary/aromatic N) is 1. The number of nitrogens with one attached hydrogen (secondary N) is 1. The fraction of sp³-hybridized carbons (Fsp3) is 0.467. The van der Waals surface area contributed by atoms with Crippen LogP contribution in [-0.2, 0) is 9.59 Å². The van der Waals surface area contributed by atoms with Crippen molar-refractivity contribution in [1.82, 2.24) is 10.2 Å². The molecular weight excluding hydrogens is 240 g/mol. The van der Waals surface area contributed by atoms with Gasteiger partial charge in [0.25, 0.3) is 0 Å². The summed E-state index contributed by atoms with van der Waals surface area (Å²) < 4.78 is 0. The fourth-order valence-corrected chi connectivity index (χ4v) is 2.41. The third-order valence-electron chi connectivity index (χ3n) is 3.22. The van der Waals surface area contributed by atoms with Crippen molar-refractivity contribution in [2.45, 2.75) is 38.8 Å². The smallest absolute Gasteiger partial charge is 0.247 e. The van der Waals surface area contributed by atoms with Gasteiger partial charge in [0, 0.05) is 19.0 Å². The maximum Gasteiger partial charge on any atom is 0.247 e. The number of amides is 2. The summed E-state index contributed by atoms with van der Waals surface area (Å²) in [6.45, 7) is 4.50. The van der Waals surface area contributed by atoms with E-state index in [2.05, 4.69) is 5.32 Å². The zero-order valence-electron chi connectivity index (χ0n) is 11.4. The van der Waals surface area contributed by atoms with Crippen molar-refractivity contribution in [3.05, 3.63) is 35.9 Å². The van der Waals surface area contributed by atoms with Gasteiger partial charge in [0.15, 0.2) is 0 Å². The van der Waals surface area contributed by atoms with Gasteiger partial charge in [-0.1, -0.05) is 30.3 Å². The van der Waals surface area contributed by atoms with E-state index in [9.17, 15) is 9.59 Å². The quantitative estimate of drug-likeness (QED) is 0.898. The van der Waals surface area contributed by atoms with Gasteiger partial charge < -0.3 is 10.2 Å². The van der Waals surface area contributed by atoms with Crippen molar-refractivity contribution < 1.29 is 9.59 Å². The van der Waals surface area contributed by atoms with Crippen LogP contribution in [0.2, 0.25) is 0 Å². The van der Waals surface area contributed by atoms with E-state index >= 15 is 0 Å². The molecule has 2 rings (SSSR count). The summed E-state index contributed by atoms with van der Waals surface area (Å²) in [4.78, 5) is 26.0. The molecular formula is C15H20N2O2. The molecule has 1 unspecified atom stereocenters. The van der Waals surface area contributed by atoms with Crippen molar-refractivity contribution in [3.8, 4) is 0 Å². The van der Waals surface area contributed by atoms with Crippen molar-refractivity contribution in [1.29, 1.82) is 0 Å². The van der Waals surface area contributed by atoms with E-state index in [-0.39, 0.29) is 17.9 Å². The lowest BCUT2D eigenvalue weighted by Gasteiger charge is -2.28. The van der Waals surface area contributed by atoms with Crippen LogP contribution in [0.15, 0.2) is 30.3 Å². The molecule has 1 N–H and O–H groups in total. The maximum atomic E-state index is 12.4. The maximum absolute atomic E-state index is 12.4. The van der Waals surface area contributed by atoms with Gasteiger partial charge in [-0.05, 0) is 25.8 Å². The third-order valence-corrected chi connectivity index (χ3v) is 3.22. The summed E-state index contributed by atoms with van der Waals surface area (Å²) >= 11 is 0. The SMILES string of the molecule is CC(C)NC(=O)C(c1ccccc1)N1CCCC1=O. The van der Waals surface area contributed by atoms with Crippen LogP contribution in [0.3, 0.4) is 0 Å². The molecule has 0 spiro atoms. The predicted octanol–water partition coefficient (Wildman–Crippen LogP) is 1.87. The highest BCUT2D eigenvalue weighted by atomic mass is 16.2. The van der Waals surface area contributed by atoms with E-state index in [0.717, 1.165) is 12.0 Å². The minimum absolute atomic E-state index is 0.0627.